The summed E-state index contributed by atoms with van der Waals surface area (Å²) in [5, 5.41) is 0.599. The van der Waals surface area contributed by atoms with E-state index in [1.54, 1.807) is 12.1 Å². The molecule has 0 amide bonds. The van der Waals surface area contributed by atoms with Crippen molar-refractivity contribution in [3.05, 3.63) is 53.3 Å². The molecule has 2 rings (SSSR count). The Bertz CT molecular complexity index is 577. The van der Waals surface area contributed by atoms with Gasteiger partial charge in [-0.1, -0.05) is 18.7 Å². The Morgan fingerprint density at radius 2 is 2.21 bits per heavy atom. The first-order chi connectivity index (χ1) is 6.83. The summed E-state index contributed by atoms with van der Waals surface area (Å²) in [5.41, 5.74) is 3.13. The van der Waals surface area contributed by atoms with Crippen LogP contribution in [-0.2, 0) is 0 Å². The van der Waals surface area contributed by atoms with Crippen LogP contribution in [0.4, 0.5) is 0 Å². The molecule has 0 saturated carbocycles. The van der Waals surface area contributed by atoms with E-state index >= 15 is 0 Å². The third-order valence-corrected chi connectivity index (χ3v) is 1.92. The largest absolute Gasteiger partial charge is 0.268 e. The molecule has 0 saturated heterocycles. The molecule has 0 spiro atoms. The molecule has 0 atom stereocenters. The van der Waals surface area contributed by atoms with Crippen molar-refractivity contribution in [2.24, 2.45) is 0 Å². The second-order valence-electron chi connectivity index (χ2n) is 2.81. The highest BCUT2D eigenvalue weighted by Gasteiger charge is 1.99. The first-order valence-corrected chi connectivity index (χ1v) is 4.15. The van der Waals surface area contributed by atoms with Crippen LogP contribution in [0, 0.1) is 0 Å². The Hall–Kier alpha value is -2.12. The monoisotopic (exact) mass is 184 g/mol. The van der Waals surface area contributed by atoms with Gasteiger partial charge in [-0.25, -0.2) is 4.98 Å². The minimum atomic E-state index is -0.105. The molecule has 3 heteroatoms. The predicted octanol–water partition coefficient (Wildman–Crippen LogP) is 1.65. The molecule has 0 aliphatic heterocycles. The molecule has 0 radical (unpaired) electrons. The molecule has 0 aliphatic rings. The number of aromatic nitrogens is 2. The lowest BCUT2D eigenvalue weighted by Crippen LogP contribution is -2.15. The number of hydrogen-bond acceptors (Lipinski definition) is 2. The maximum Gasteiger partial charge on any atom is 0.265 e. The SMILES string of the molecule is C=C=Cn1cnc2ccccc2c1=O. The minimum Gasteiger partial charge on any atom is -0.268 e. The van der Waals surface area contributed by atoms with Crippen molar-refractivity contribution in [2.45, 2.75) is 0 Å². The molecular formula is C11H8N2O. The smallest absolute Gasteiger partial charge is 0.265 e. The Labute approximate surface area is 80.6 Å². The summed E-state index contributed by atoms with van der Waals surface area (Å²) >= 11 is 0. The average molecular weight is 184 g/mol. The molecule has 2 aromatic rings. The van der Waals surface area contributed by atoms with E-state index in [1.165, 1.54) is 17.1 Å². The summed E-state index contributed by atoms with van der Waals surface area (Å²) in [5.74, 6) is 0. The van der Waals surface area contributed by atoms with Crippen LogP contribution < -0.4 is 5.56 Å². The second-order valence-corrected chi connectivity index (χ2v) is 2.81. The van der Waals surface area contributed by atoms with Crippen LogP contribution in [0.15, 0.2) is 47.7 Å². The zero-order valence-electron chi connectivity index (χ0n) is 7.47. The van der Waals surface area contributed by atoms with Gasteiger partial charge in [0.05, 0.1) is 17.1 Å². The predicted molar refractivity (Wildman–Crippen MR) is 55.9 cm³/mol. The van der Waals surface area contributed by atoms with E-state index in [1.807, 2.05) is 12.1 Å². The molecule has 0 aliphatic carbocycles. The average Bonchev–Trinajstić information content (AvgIpc) is 2.23. The van der Waals surface area contributed by atoms with Crippen molar-refractivity contribution in [3.8, 4) is 0 Å². The molecule has 1 heterocycles. The zero-order chi connectivity index (χ0) is 9.97. The Balaban J connectivity index is 2.88. The Kier molecular flexibility index (Phi) is 2.01. The maximum atomic E-state index is 11.7. The van der Waals surface area contributed by atoms with E-state index in [4.69, 9.17) is 0 Å². The standard InChI is InChI=1S/C11H8N2O/c1-2-7-13-8-12-10-6-4-3-5-9(10)11(13)14/h3-8H,1H2. The van der Waals surface area contributed by atoms with Gasteiger partial charge in [-0.2, -0.15) is 0 Å². The maximum absolute atomic E-state index is 11.7. The van der Waals surface area contributed by atoms with E-state index in [2.05, 4.69) is 17.3 Å². The molecule has 1 aromatic carbocycles. The van der Waals surface area contributed by atoms with Crippen LogP contribution in [0.5, 0.6) is 0 Å². The van der Waals surface area contributed by atoms with Crippen LogP contribution >= 0.6 is 0 Å². The highest BCUT2D eigenvalue weighted by molar-refractivity contribution is 5.77. The van der Waals surface area contributed by atoms with E-state index in [0.717, 1.165) is 0 Å². The summed E-state index contributed by atoms with van der Waals surface area (Å²) in [6.45, 7) is 3.41. The highest BCUT2D eigenvalue weighted by Crippen LogP contribution is 2.04. The fourth-order valence-electron chi connectivity index (χ4n) is 1.27. The number of nitrogens with zero attached hydrogens (tertiary/aromatic N) is 2. The lowest BCUT2D eigenvalue weighted by molar-refractivity contribution is 1.02. The van der Waals surface area contributed by atoms with Crippen LogP contribution in [-0.4, -0.2) is 9.55 Å². The fourth-order valence-corrected chi connectivity index (χ4v) is 1.27. The third kappa shape index (κ3) is 1.26. The number of benzene rings is 1. The van der Waals surface area contributed by atoms with Gasteiger partial charge in [0, 0.05) is 0 Å². The van der Waals surface area contributed by atoms with Gasteiger partial charge in [0.1, 0.15) is 6.33 Å². The summed E-state index contributed by atoms with van der Waals surface area (Å²) in [6, 6.07) is 7.21. The Morgan fingerprint density at radius 3 is 3.00 bits per heavy atom. The van der Waals surface area contributed by atoms with Gasteiger partial charge in [0.15, 0.2) is 0 Å². The molecule has 0 bridgehead atoms. The third-order valence-electron chi connectivity index (χ3n) is 1.92. The molecule has 0 unspecified atom stereocenters. The van der Waals surface area contributed by atoms with Gasteiger partial charge in [-0.3, -0.25) is 9.36 Å². The number of hydrogen-bond donors (Lipinski definition) is 0. The summed E-state index contributed by atoms with van der Waals surface area (Å²) < 4.78 is 1.36. The normalized spacial score (nSPS) is 9.71. The van der Waals surface area contributed by atoms with E-state index in [9.17, 15) is 4.79 Å². The number of para-hydroxylation sites is 1. The summed E-state index contributed by atoms with van der Waals surface area (Å²) in [7, 11) is 0. The van der Waals surface area contributed by atoms with Gasteiger partial charge < -0.3 is 0 Å². The number of fused-ring (bicyclic) bond motifs is 1. The van der Waals surface area contributed by atoms with Crippen molar-refractivity contribution in [1.82, 2.24) is 9.55 Å². The van der Waals surface area contributed by atoms with Gasteiger partial charge >= 0.3 is 0 Å². The quantitative estimate of drug-likeness (QED) is 0.631. The van der Waals surface area contributed by atoms with Gasteiger partial charge in [-0.15, -0.1) is 5.73 Å². The van der Waals surface area contributed by atoms with Crippen LogP contribution in [0.3, 0.4) is 0 Å². The second kappa shape index (κ2) is 3.32. The van der Waals surface area contributed by atoms with E-state index in [0.29, 0.717) is 10.9 Å². The molecule has 0 fully saturated rings. The number of rotatable bonds is 1. The van der Waals surface area contributed by atoms with E-state index < -0.39 is 0 Å². The molecule has 68 valence electrons. The van der Waals surface area contributed by atoms with Crippen molar-refractivity contribution in [3.63, 3.8) is 0 Å². The zero-order valence-corrected chi connectivity index (χ0v) is 7.47. The van der Waals surface area contributed by atoms with Crippen molar-refractivity contribution in [2.75, 3.05) is 0 Å². The van der Waals surface area contributed by atoms with E-state index in [-0.39, 0.29) is 5.56 Å². The van der Waals surface area contributed by atoms with Crippen molar-refractivity contribution in [1.29, 1.82) is 0 Å². The van der Waals surface area contributed by atoms with Crippen LogP contribution in [0.1, 0.15) is 0 Å². The van der Waals surface area contributed by atoms with Crippen molar-refractivity contribution < 1.29 is 0 Å². The van der Waals surface area contributed by atoms with Crippen LogP contribution in [0.2, 0.25) is 0 Å². The topological polar surface area (TPSA) is 34.9 Å². The minimum absolute atomic E-state index is 0.105. The first-order valence-electron chi connectivity index (χ1n) is 4.15. The molecule has 3 nitrogen and oxygen atoms in total. The van der Waals surface area contributed by atoms with Gasteiger partial charge in [-0.05, 0) is 12.1 Å². The highest BCUT2D eigenvalue weighted by atomic mass is 16.1. The lowest BCUT2D eigenvalue weighted by Gasteiger charge is -1.98. The van der Waals surface area contributed by atoms with Gasteiger partial charge in [0.25, 0.3) is 5.56 Å². The molecule has 14 heavy (non-hydrogen) atoms. The first kappa shape index (κ1) is 8.48. The summed E-state index contributed by atoms with van der Waals surface area (Å²) in [6.07, 6.45) is 2.92. The summed E-state index contributed by atoms with van der Waals surface area (Å²) in [4.78, 5) is 15.9. The molecular weight excluding hydrogens is 176 g/mol. The molecule has 0 N–H and O–H groups in total. The Morgan fingerprint density at radius 1 is 1.43 bits per heavy atom. The lowest BCUT2D eigenvalue weighted by atomic mass is 10.2. The fraction of sp³-hybridized carbons (Fsp3) is 0. The van der Waals surface area contributed by atoms with Gasteiger partial charge in [0.2, 0.25) is 0 Å². The van der Waals surface area contributed by atoms with Crippen LogP contribution in [0.25, 0.3) is 17.1 Å². The van der Waals surface area contributed by atoms with Crippen molar-refractivity contribution >= 4 is 17.1 Å². The molecule has 1 aromatic heterocycles.